The van der Waals surface area contributed by atoms with Gasteiger partial charge in [0.15, 0.2) is 0 Å². The van der Waals surface area contributed by atoms with Crippen molar-refractivity contribution in [3.8, 4) is 0 Å². The number of hydrogen-bond donors (Lipinski definition) is 0. The third-order valence-electron chi connectivity index (χ3n) is 7.53. The molecule has 2 aromatic carbocycles. The Balaban J connectivity index is 1.94. The number of benzene rings is 2. The van der Waals surface area contributed by atoms with E-state index in [0.29, 0.717) is 9.54 Å². The molecular formula is C26H32GeZr. The fourth-order valence-electron chi connectivity index (χ4n) is 5.85. The second-order valence-corrected chi connectivity index (χ2v) is 53.6. The Morgan fingerprint density at radius 3 is 2.04 bits per heavy atom. The van der Waals surface area contributed by atoms with E-state index in [4.69, 9.17) is 0 Å². The molecule has 2 unspecified atom stereocenters. The molecule has 144 valence electrons. The van der Waals surface area contributed by atoms with Crippen LogP contribution in [0.2, 0.25) is 9.26 Å². The van der Waals surface area contributed by atoms with Crippen LogP contribution in [-0.4, -0.2) is 12.1 Å². The van der Waals surface area contributed by atoms with Crippen molar-refractivity contribution in [1.29, 1.82) is 0 Å². The van der Waals surface area contributed by atoms with Crippen molar-refractivity contribution in [3.63, 3.8) is 0 Å². The molecule has 0 nitrogen and oxygen atoms in total. The first kappa shape index (κ1) is 20.4. The Kier molecular flexibility index (Phi) is 4.95. The van der Waals surface area contributed by atoms with E-state index in [2.05, 4.69) is 97.6 Å². The Bertz CT molecular complexity index is 1120. The molecule has 4 rings (SSSR count). The fraction of sp³-hybridized carbons (Fsp3) is 0.308. The Morgan fingerprint density at radius 2 is 1.43 bits per heavy atom. The summed E-state index contributed by atoms with van der Waals surface area (Å²) in [7, 11) is 0. The first-order valence-corrected chi connectivity index (χ1v) is 28.5. The van der Waals surface area contributed by atoms with Gasteiger partial charge >= 0.3 is 177 Å². The standard InChI is InChI=1S/C15H11.C9H13.2CH3.GeH2.Zr/c1-2-6-12(7-3-1)15-11-10-13-8-4-5-9-14(13)15;1-6-5-7(2)9(4)8(6)3;;;;/h1-11H;6H,1-4H3;2*1H3;1H2;. The van der Waals surface area contributed by atoms with Crippen LogP contribution in [0, 0.1) is 5.92 Å². The summed E-state index contributed by atoms with van der Waals surface area (Å²) in [6.45, 7) is 9.56. The fourth-order valence-corrected chi connectivity index (χ4v) is 30.3. The van der Waals surface area contributed by atoms with E-state index in [1.807, 2.05) is 3.28 Å². The van der Waals surface area contributed by atoms with Gasteiger partial charge in [-0.1, -0.05) is 0 Å². The van der Waals surface area contributed by atoms with Crippen molar-refractivity contribution in [1.82, 2.24) is 0 Å². The van der Waals surface area contributed by atoms with Crippen LogP contribution >= 0.6 is 0 Å². The minimum absolute atomic E-state index is 0.610. The SMILES string of the molecule is CC1=C(C)C(C)[C]([Zr]([CH3])([CH3])(=[GeH2])[CH]2C=C(c3ccccc3)c3ccccc32)=C1C. The van der Waals surface area contributed by atoms with Gasteiger partial charge in [-0.15, -0.1) is 0 Å². The zero-order valence-electron chi connectivity index (χ0n) is 18.1. The van der Waals surface area contributed by atoms with E-state index in [1.165, 1.54) is 28.8 Å². The van der Waals surface area contributed by atoms with Gasteiger partial charge in [0.25, 0.3) is 0 Å². The maximum atomic E-state index is 2.73. The summed E-state index contributed by atoms with van der Waals surface area (Å²) in [6.07, 6.45) is 2.66. The molecule has 2 aliphatic rings. The van der Waals surface area contributed by atoms with E-state index in [-0.39, 0.29) is 0 Å². The predicted octanol–water partition coefficient (Wildman–Crippen LogP) is 6.77. The summed E-state index contributed by atoms with van der Waals surface area (Å²) in [5.74, 6) is 0.621. The molecule has 0 aromatic heterocycles. The second-order valence-electron chi connectivity index (χ2n) is 9.89. The zero-order chi connectivity index (χ0) is 20.3. The van der Waals surface area contributed by atoms with Gasteiger partial charge in [-0.3, -0.25) is 0 Å². The summed E-state index contributed by atoms with van der Waals surface area (Å²) in [4.78, 5) is 0. The molecule has 0 spiro atoms. The van der Waals surface area contributed by atoms with Crippen LogP contribution in [0.5, 0.6) is 0 Å². The van der Waals surface area contributed by atoms with Crippen LogP contribution < -0.4 is 0 Å². The van der Waals surface area contributed by atoms with Crippen molar-refractivity contribution in [2.24, 2.45) is 5.92 Å². The van der Waals surface area contributed by atoms with Crippen LogP contribution in [-0.2, 0) is 15.7 Å². The van der Waals surface area contributed by atoms with Crippen molar-refractivity contribution < 1.29 is 15.7 Å². The van der Waals surface area contributed by atoms with Crippen molar-refractivity contribution >= 4 is 17.7 Å². The van der Waals surface area contributed by atoms with E-state index in [1.54, 1.807) is 22.3 Å². The monoisotopic (exact) mass is 508 g/mol. The normalized spacial score (nSPS) is 22.6. The Hall–Kier alpha value is -0.914. The molecule has 0 bridgehead atoms. The quantitative estimate of drug-likeness (QED) is 0.402. The molecular weight excluding hydrogens is 476 g/mol. The molecule has 2 aliphatic carbocycles. The van der Waals surface area contributed by atoms with Crippen LogP contribution in [0.15, 0.2) is 80.7 Å². The molecule has 0 N–H and O–H groups in total. The molecule has 0 aliphatic heterocycles. The van der Waals surface area contributed by atoms with Gasteiger partial charge in [-0.2, -0.15) is 0 Å². The first-order chi connectivity index (χ1) is 13.1. The molecule has 0 fully saturated rings. The van der Waals surface area contributed by atoms with Gasteiger partial charge in [-0.25, -0.2) is 0 Å². The Labute approximate surface area is 176 Å². The second kappa shape index (κ2) is 6.81. The molecule has 0 amide bonds. The van der Waals surface area contributed by atoms with E-state index >= 15 is 0 Å². The van der Waals surface area contributed by atoms with Crippen LogP contribution in [0.25, 0.3) is 5.57 Å². The zero-order valence-corrected chi connectivity index (χ0v) is 23.6. The molecule has 28 heavy (non-hydrogen) atoms. The molecule has 0 radical (unpaired) electrons. The molecule has 2 aromatic rings. The third-order valence-corrected chi connectivity index (χ3v) is 30.1. The van der Waals surface area contributed by atoms with Gasteiger partial charge in [0, 0.05) is 0 Å². The van der Waals surface area contributed by atoms with Crippen LogP contribution in [0.1, 0.15) is 48.0 Å². The number of rotatable bonds is 3. The minimum atomic E-state index is -3.18. The number of hydrogen-bond acceptors (Lipinski definition) is 0. The molecule has 2 heteroatoms. The summed E-state index contributed by atoms with van der Waals surface area (Å²) in [5, 5.41) is 0. The molecule has 0 saturated heterocycles. The van der Waals surface area contributed by atoms with Gasteiger partial charge in [0.05, 0.1) is 0 Å². The Morgan fingerprint density at radius 1 is 0.821 bits per heavy atom. The number of allylic oxidation sites excluding steroid dienone is 5. The van der Waals surface area contributed by atoms with Crippen molar-refractivity contribution in [2.75, 3.05) is 0 Å². The molecule has 0 heterocycles. The van der Waals surface area contributed by atoms with Gasteiger partial charge in [0.1, 0.15) is 0 Å². The topological polar surface area (TPSA) is 0 Å². The average Bonchev–Trinajstić information content (AvgIpc) is 3.16. The van der Waals surface area contributed by atoms with E-state index in [0.717, 1.165) is 0 Å². The van der Waals surface area contributed by atoms with Crippen molar-refractivity contribution in [2.45, 2.75) is 40.6 Å². The summed E-state index contributed by atoms with van der Waals surface area (Å²) in [5.41, 5.74) is 10.6. The predicted molar refractivity (Wildman–Crippen MR) is 123 cm³/mol. The van der Waals surface area contributed by atoms with Gasteiger partial charge in [-0.05, 0) is 0 Å². The molecule has 0 saturated carbocycles. The molecule has 2 atom stereocenters. The summed E-state index contributed by atoms with van der Waals surface area (Å²) in [6, 6.07) is 20.2. The van der Waals surface area contributed by atoms with Crippen LogP contribution in [0.4, 0.5) is 0 Å². The maximum absolute atomic E-state index is 3.18. The first-order valence-electron chi connectivity index (χ1n) is 10.4. The number of fused-ring (bicyclic) bond motifs is 1. The average molecular weight is 508 g/mol. The van der Waals surface area contributed by atoms with Gasteiger partial charge < -0.3 is 0 Å². The van der Waals surface area contributed by atoms with Crippen molar-refractivity contribution in [3.05, 3.63) is 97.4 Å². The van der Waals surface area contributed by atoms with Gasteiger partial charge in [0.2, 0.25) is 0 Å². The third kappa shape index (κ3) is 2.96. The summed E-state index contributed by atoms with van der Waals surface area (Å²) < 4.78 is 7.93. The van der Waals surface area contributed by atoms with E-state index < -0.39 is 15.7 Å². The van der Waals surface area contributed by atoms with E-state index in [9.17, 15) is 0 Å². The van der Waals surface area contributed by atoms with Crippen LogP contribution in [0.3, 0.4) is 0 Å². The summed E-state index contributed by atoms with van der Waals surface area (Å²) >= 11 is -1.74.